The number of carbonyl (C=O) groups excluding carboxylic acids is 1. The molecule has 0 radical (unpaired) electrons. The van der Waals surface area contributed by atoms with Gasteiger partial charge in [0.25, 0.3) is 5.56 Å². The topological polar surface area (TPSA) is 109 Å². The Labute approximate surface area is 217 Å². The van der Waals surface area contributed by atoms with Gasteiger partial charge in [0.2, 0.25) is 6.79 Å². The fourth-order valence-corrected chi connectivity index (χ4v) is 5.68. The summed E-state index contributed by atoms with van der Waals surface area (Å²) in [6.45, 7) is 3.71. The second kappa shape index (κ2) is 9.47. The molecule has 0 spiro atoms. The van der Waals surface area contributed by atoms with E-state index in [0.717, 1.165) is 11.3 Å². The number of carbonyl (C=O) groups is 1. The molecule has 0 saturated carbocycles. The lowest BCUT2D eigenvalue weighted by molar-refractivity contribution is -0.139. The van der Waals surface area contributed by atoms with Gasteiger partial charge in [0.15, 0.2) is 27.8 Å². The molecule has 9 nitrogen and oxygen atoms in total. The number of esters is 1. The van der Waals surface area contributed by atoms with Gasteiger partial charge < -0.3 is 24.1 Å². The van der Waals surface area contributed by atoms with E-state index in [0.29, 0.717) is 42.1 Å². The number of allylic oxidation sites excluding steroid dienone is 1. The van der Waals surface area contributed by atoms with Crippen LogP contribution in [0.5, 0.6) is 23.0 Å². The van der Waals surface area contributed by atoms with E-state index in [-0.39, 0.29) is 36.0 Å². The molecule has 0 saturated heterocycles. The van der Waals surface area contributed by atoms with Crippen molar-refractivity contribution in [2.45, 2.75) is 19.9 Å². The number of benzene rings is 2. The smallest absolute Gasteiger partial charge is 0.338 e. The zero-order valence-electron chi connectivity index (χ0n) is 19.5. The van der Waals surface area contributed by atoms with Crippen LogP contribution in [0.25, 0.3) is 6.08 Å². The molecule has 11 heteroatoms. The monoisotopic (exact) mass is 572 g/mol. The van der Waals surface area contributed by atoms with Gasteiger partial charge in [-0.15, -0.1) is 0 Å². The van der Waals surface area contributed by atoms with Crippen LogP contribution in [0.1, 0.15) is 31.0 Å². The molecule has 5 rings (SSSR count). The molecule has 2 aliphatic rings. The van der Waals surface area contributed by atoms with Crippen LogP contribution in [0.2, 0.25) is 0 Å². The molecule has 2 aromatic carbocycles. The molecule has 1 atom stereocenters. The van der Waals surface area contributed by atoms with Crippen LogP contribution in [-0.4, -0.2) is 36.2 Å². The van der Waals surface area contributed by atoms with Crippen LogP contribution in [0.3, 0.4) is 0 Å². The summed E-state index contributed by atoms with van der Waals surface area (Å²) in [6.07, 6.45) is 1.58. The minimum atomic E-state index is -0.789. The normalized spacial score (nSPS) is 16.6. The van der Waals surface area contributed by atoms with Crippen LogP contribution in [0.15, 0.2) is 55.9 Å². The first-order valence-corrected chi connectivity index (χ1v) is 12.6. The highest BCUT2D eigenvalue weighted by atomic mass is 79.9. The average molecular weight is 573 g/mol. The zero-order valence-corrected chi connectivity index (χ0v) is 21.9. The van der Waals surface area contributed by atoms with Crippen LogP contribution in [0, 0.1) is 0 Å². The fraction of sp³-hybridized carbons (Fsp3) is 0.240. The summed E-state index contributed by atoms with van der Waals surface area (Å²) in [5, 5.41) is 10.6. The number of hydrogen-bond acceptors (Lipinski definition) is 9. The summed E-state index contributed by atoms with van der Waals surface area (Å²) in [6, 6.07) is 7.81. The summed E-state index contributed by atoms with van der Waals surface area (Å²) in [5.74, 6) is 0.733. The Kier molecular flexibility index (Phi) is 6.35. The summed E-state index contributed by atoms with van der Waals surface area (Å²) in [7, 11) is 1.45. The third-order valence-corrected chi connectivity index (χ3v) is 7.25. The molecule has 186 valence electrons. The number of aromatic hydroxyl groups is 1. The molecule has 2 aliphatic heterocycles. The van der Waals surface area contributed by atoms with Gasteiger partial charge in [-0.05, 0) is 49.8 Å². The maximum atomic E-state index is 13.7. The van der Waals surface area contributed by atoms with Gasteiger partial charge in [0, 0.05) is 10.0 Å². The van der Waals surface area contributed by atoms with Crippen LogP contribution < -0.4 is 29.1 Å². The Hall–Kier alpha value is -3.57. The average Bonchev–Trinajstić information content (AvgIpc) is 3.44. The van der Waals surface area contributed by atoms with Gasteiger partial charge >= 0.3 is 5.97 Å². The highest BCUT2D eigenvalue weighted by Crippen LogP contribution is 2.38. The van der Waals surface area contributed by atoms with E-state index in [1.165, 1.54) is 11.7 Å². The number of nitrogens with zero attached hydrogens (tertiary/aromatic N) is 2. The zero-order chi connectivity index (χ0) is 25.6. The van der Waals surface area contributed by atoms with Gasteiger partial charge in [0.1, 0.15) is 0 Å². The number of hydrogen-bond donors (Lipinski definition) is 1. The maximum Gasteiger partial charge on any atom is 0.338 e. The fourth-order valence-electron chi connectivity index (χ4n) is 4.19. The molecule has 0 unspecified atom stereocenters. The first-order valence-electron chi connectivity index (χ1n) is 11.0. The first kappa shape index (κ1) is 24.1. The molecular weight excluding hydrogens is 552 g/mol. The van der Waals surface area contributed by atoms with Crippen LogP contribution in [-0.2, 0) is 9.53 Å². The first-order chi connectivity index (χ1) is 17.3. The summed E-state index contributed by atoms with van der Waals surface area (Å²) < 4.78 is 24.0. The molecule has 0 amide bonds. The Morgan fingerprint density at radius 2 is 2.08 bits per heavy atom. The molecule has 0 bridgehead atoms. The van der Waals surface area contributed by atoms with Crippen molar-refractivity contribution in [2.24, 2.45) is 4.99 Å². The van der Waals surface area contributed by atoms with Gasteiger partial charge in [-0.25, -0.2) is 9.79 Å². The number of fused-ring (bicyclic) bond motifs is 2. The molecule has 0 fully saturated rings. The Bertz CT molecular complexity index is 1610. The maximum absolute atomic E-state index is 13.7. The van der Waals surface area contributed by atoms with E-state index < -0.39 is 12.0 Å². The third kappa shape index (κ3) is 4.07. The van der Waals surface area contributed by atoms with Gasteiger partial charge in [-0.2, -0.15) is 0 Å². The molecule has 3 aromatic rings. The highest BCUT2D eigenvalue weighted by Gasteiger charge is 2.34. The van der Waals surface area contributed by atoms with E-state index in [2.05, 4.69) is 20.9 Å². The Morgan fingerprint density at radius 1 is 1.31 bits per heavy atom. The minimum absolute atomic E-state index is 0.0951. The predicted octanol–water partition coefficient (Wildman–Crippen LogP) is 3.00. The molecule has 3 heterocycles. The number of rotatable bonds is 5. The number of thiazole rings is 1. The lowest BCUT2D eigenvalue weighted by Crippen LogP contribution is -2.39. The predicted molar refractivity (Wildman–Crippen MR) is 135 cm³/mol. The second-order valence-electron chi connectivity index (χ2n) is 7.96. The number of ether oxygens (including phenoxy) is 4. The standard InChI is InChI=1S/C25H21BrN2O7S/c1-4-33-24(31)20-12(2)27-25-28(21(20)13-5-6-16-17(8-13)35-11-34-16)23(30)19(36-25)9-14-7-15(26)10-18(32-3)22(14)29/h5-10,21,29H,4,11H2,1-3H3/b19-9+/t21-/m1/s1. The lowest BCUT2D eigenvalue weighted by Gasteiger charge is -2.24. The third-order valence-electron chi connectivity index (χ3n) is 5.81. The SMILES string of the molecule is CCOC(=O)C1=C(C)N=c2s/c(=C/c3cc(Br)cc(OC)c3O)c(=O)n2[C@@H]1c1ccc2c(c1)OCO2. The summed E-state index contributed by atoms with van der Waals surface area (Å²) in [5.41, 5.74) is 1.40. The number of phenols is 1. The van der Waals surface area contributed by atoms with Crippen molar-refractivity contribution in [3.05, 3.63) is 76.9 Å². The van der Waals surface area contributed by atoms with Crippen molar-refractivity contribution in [3.8, 4) is 23.0 Å². The highest BCUT2D eigenvalue weighted by molar-refractivity contribution is 9.10. The van der Waals surface area contributed by atoms with E-state index in [4.69, 9.17) is 18.9 Å². The van der Waals surface area contributed by atoms with Crippen molar-refractivity contribution in [2.75, 3.05) is 20.5 Å². The minimum Gasteiger partial charge on any atom is -0.504 e. The van der Waals surface area contributed by atoms with E-state index >= 15 is 0 Å². The van der Waals surface area contributed by atoms with Crippen molar-refractivity contribution in [3.63, 3.8) is 0 Å². The lowest BCUT2D eigenvalue weighted by atomic mass is 9.95. The number of phenolic OH excluding ortho intramolecular Hbond substituents is 1. The van der Waals surface area contributed by atoms with Crippen LogP contribution >= 0.6 is 27.3 Å². The second-order valence-corrected chi connectivity index (χ2v) is 9.89. The quantitative estimate of drug-likeness (QED) is 0.468. The van der Waals surface area contributed by atoms with Crippen LogP contribution in [0.4, 0.5) is 0 Å². The molecule has 36 heavy (non-hydrogen) atoms. The van der Waals surface area contributed by atoms with Crippen molar-refractivity contribution < 1.29 is 28.8 Å². The Balaban J connectivity index is 1.74. The summed E-state index contributed by atoms with van der Waals surface area (Å²) in [4.78, 5) is 31.8. The van der Waals surface area contributed by atoms with Gasteiger partial charge in [-0.3, -0.25) is 9.36 Å². The largest absolute Gasteiger partial charge is 0.504 e. The van der Waals surface area contributed by atoms with E-state index in [1.807, 2.05) is 0 Å². The van der Waals surface area contributed by atoms with Gasteiger partial charge in [0.05, 0.1) is 35.6 Å². The van der Waals surface area contributed by atoms with E-state index in [9.17, 15) is 14.7 Å². The molecule has 1 aromatic heterocycles. The number of halogens is 1. The molecule has 0 aliphatic carbocycles. The van der Waals surface area contributed by atoms with E-state index in [1.54, 1.807) is 50.3 Å². The van der Waals surface area contributed by atoms with Crippen molar-refractivity contribution in [1.82, 2.24) is 4.57 Å². The van der Waals surface area contributed by atoms with Crippen molar-refractivity contribution >= 4 is 39.3 Å². The number of aromatic nitrogens is 1. The number of methoxy groups -OCH3 is 1. The molecule has 1 N–H and O–H groups in total. The van der Waals surface area contributed by atoms with Crippen molar-refractivity contribution in [1.29, 1.82) is 0 Å². The van der Waals surface area contributed by atoms with Gasteiger partial charge in [-0.1, -0.05) is 33.3 Å². The Morgan fingerprint density at radius 3 is 2.83 bits per heavy atom. The summed E-state index contributed by atoms with van der Waals surface area (Å²) >= 11 is 4.56. The molecular formula is C25H21BrN2O7S.